The predicted molar refractivity (Wildman–Crippen MR) is 130 cm³/mol. The van der Waals surface area contributed by atoms with Crippen molar-refractivity contribution in [1.29, 1.82) is 0 Å². The fourth-order valence-electron chi connectivity index (χ4n) is 5.68. The topological polar surface area (TPSA) is 121 Å². The highest BCUT2D eigenvalue weighted by atomic mass is 79.9. The smallest absolute Gasteiger partial charge is 0.226 e. The summed E-state index contributed by atoms with van der Waals surface area (Å²) in [6.45, 7) is -0.247. The molecule has 2 heterocycles. The molecule has 8 nitrogen and oxygen atoms in total. The van der Waals surface area contributed by atoms with E-state index in [1.165, 1.54) is 19.5 Å². The van der Waals surface area contributed by atoms with Gasteiger partial charge in [0, 0.05) is 16.9 Å². The van der Waals surface area contributed by atoms with Gasteiger partial charge in [0.15, 0.2) is 11.2 Å². The molecule has 3 aromatic rings. The lowest BCUT2D eigenvalue weighted by atomic mass is 9.70. The lowest BCUT2D eigenvalue weighted by Crippen LogP contribution is -2.52. The van der Waals surface area contributed by atoms with E-state index in [-0.39, 0.29) is 30.2 Å². The summed E-state index contributed by atoms with van der Waals surface area (Å²) in [5, 5.41) is 36.4. The number of benzene rings is 2. The van der Waals surface area contributed by atoms with Crippen LogP contribution < -0.4 is 14.8 Å². The summed E-state index contributed by atoms with van der Waals surface area (Å²) in [4.78, 5) is 17.7. The van der Waals surface area contributed by atoms with Crippen LogP contribution in [0.4, 0.5) is 0 Å². The molecule has 1 aliphatic heterocycles. The van der Waals surface area contributed by atoms with Crippen molar-refractivity contribution in [3.8, 4) is 11.5 Å². The Morgan fingerprint density at radius 1 is 1.17 bits per heavy atom. The van der Waals surface area contributed by atoms with Gasteiger partial charge in [0.2, 0.25) is 5.91 Å². The third-order valence-corrected chi connectivity index (χ3v) is 7.55. The quantitative estimate of drug-likeness (QED) is 0.378. The first kappa shape index (κ1) is 23.7. The van der Waals surface area contributed by atoms with Gasteiger partial charge in [-0.2, -0.15) is 0 Å². The molecule has 0 spiro atoms. The number of aromatic nitrogens is 1. The highest BCUT2D eigenvalue weighted by Crippen LogP contribution is 2.69. The van der Waals surface area contributed by atoms with Crippen LogP contribution in [0.5, 0.6) is 11.5 Å². The second-order valence-corrected chi connectivity index (χ2v) is 9.62. The van der Waals surface area contributed by atoms with Gasteiger partial charge in [-0.05, 0) is 23.3 Å². The second-order valence-electron chi connectivity index (χ2n) is 8.70. The number of hydrogen-bond donors (Lipinski definition) is 4. The number of carbonyl (C=O) groups excluding carboxylic acids is 1. The van der Waals surface area contributed by atoms with E-state index in [4.69, 9.17) is 9.47 Å². The summed E-state index contributed by atoms with van der Waals surface area (Å²) >= 11 is 3.45. The first-order valence-corrected chi connectivity index (χ1v) is 12.0. The molecule has 3 unspecified atom stereocenters. The summed E-state index contributed by atoms with van der Waals surface area (Å²) in [5.41, 5.74) is -2.13. The highest BCUT2D eigenvalue weighted by molar-refractivity contribution is 9.10. The van der Waals surface area contributed by atoms with Crippen molar-refractivity contribution in [2.75, 3.05) is 20.3 Å². The molecule has 0 bridgehead atoms. The maximum absolute atomic E-state index is 13.5. The molecule has 4 N–H and O–H groups in total. The summed E-state index contributed by atoms with van der Waals surface area (Å²) in [7, 11) is 1.45. The van der Waals surface area contributed by atoms with E-state index in [9.17, 15) is 20.1 Å². The Morgan fingerprint density at radius 2 is 1.89 bits per heavy atom. The van der Waals surface area contributed by atoms with E-state index in [2.05, 4.69) is 26.2 Å². The average molecular weight is 541 g/mol. The van der Waals surface area contributed by atoms with Gasteiger partial charge in [-0.15, -0.1) is 0 Å². The van der Waals surface area contributed by atoms with Gasteiger partial charge in [0.05, 0.1) is 37.6 Å². The molecule has 35 heavy (non-hydrogen) atoms. The van der Waals surface area contributed by atoms with Crippen LogP contribution >= 0.6 is 15.9 Å². The summed E-state index contributed by atoms with van der Waals surface area (Å²) in [6, 6.07) is 16.5. The van der Waals surface area contributed by atoms with Gasteiger partial charge in [0.25, 0.3) is 0 Å². The number of ether oxygens (including phenoxy) is 2. The van der Waals surface area contributed by atoms with Crippen LogP contribution in [-0.4, -0.2) is 52.6 Å². The van der Waals surface area contributed by atoms with Crippen LogP contribution in [0, 0.1) is 5.92 Å². The number of hydrogen-bond acceptors (Lipinski definition) is 7. The number of fused-ring (bicyclic) bond motifs is 3. The number of rotatable bonds is 6. The van der Waals surface area contributed by atoms with Crippen LogP contribution in [0.3, 0.4) is 0 Å². The molecule has 1 saturated carbocycles. The number of methoxy groups -OCH3 is 1. The van der Waals surface area contributed by atoms with E-state index < -0.39 is 35.0 Å². The number of amides is 1. The van der Waals surface area contributed by atoms with E-state index in [0.29, 0.717) is 11.1 Å². The lowest BCUT2D eigenvalue weighted by molar-refractivity contribution is -0.154. The molecular formula is C26H25BrN2O6. The Kier molecular flexibility index (Phi) is 6.04. The largest absolute Gasteiger partial charge is 0.495 e. The van der Waals surface area contributed by atoms with Crippen molar-refractivity contribution < 1.29 is 29.6 Å². The minimum atomic E-state index is -2.06. The van der Waals surface area contributed by atoms with E-state index in [1.807, 2.05) is 42.5 Å². The summed E-state index contributed by atoms with van der Waals surface area (Å²) in [5.74, 6) is -1.91. The number of aliphatic hydroxyl groups excluding tert-OH is 2. The number of nitrogens with one attached hydrogen (secondary N) is 1. The average Bonchev–Trinajstić information content (AvgIpc) is 3.26. The molecule has 1 aromatic heterocycles. The molecule has 1 aliphatic carbocycles. The molecule has 5 atom stereocenters. The van der Waals surface area contributed by atoms with Gasteiger partial charge in [-0.1, -0.05) is 58.4 Å². The van der Waals surface area contributed by atoms with E-state index >= 15 is 0 Å². The zero-order valence-corrected chi connectivity index (χ0v) is 20.5. The zero-order chi connectivity index (χ0) is 24.8. The Hall–Kier alpha value is -2.98. The maximum Gasteiger partial charge on any atom is 0.226 e. The zero-order valence-electron chi connectivity index (χ0n) is 18.9. The molecule has 5 rings (SSSR count). The Morgan fingerprint density at radius 3 is 2.54 bits per heavy atom. The molecule has 182 valence electrons. The third-order valence-electron chi connectivity index (χ3n) is 7.03. The number of carbonyl (C=O) groups is 1. The highest BCUT2D eigenvalue weighted by Gasteiger charge is 2.78. The standard InChI is InChI=1S/C26H25BrN2O6/c1-34-18-13-28-14-19-22(18)25(33)23(31)20(24(32)29-11-12-30)21(15-5-3-2-4-6-15)26(25,35-19)16-7-9-17(27)10-8-16/h2-10,13-14,20-21,23,30-31,33H,11-12H2,1H3,(H,29,32)/t20-,21?,23-,25?,26?/m1/s1. The minimum absolute atomic E-state index is 0.0119. The van der Waals surface area contributed by atoms with Crippen molar-refractivity contribution in [3.63, 3.8) is 0 Å². The molecule has 0 radical (unpaired) electrons. The molecule has 1 amide bonds. The van der Waals surface area contributed by atoms with Crippen LogP contribution in [-0.2, 0) is 16.0 Å². The Balaban J connectivity index is 1.84. The van der Waals surface area contributed by atoms with E-state index in [0.717, 1.165) is 4.47 Å². The molecule has 1 fully saturated rings. The molecule has 2 aromatic carbocycles. The normalized spacial score (nSPS) is 28.7. The molecular weight excluding hydrogens is 516 g/mol. The number of aliphatic hydroxyl groups is 3. The minimum Gasteiger partial charge on any atom is -0.495 e. The van der Waals surface area contributed by atoms with Crippen molar-refractivity contribution in [2.24, 2.45) is 5.92 Å². The molecule has 0 saturated heterocycles. The molecule has 9 heteroatoms. The Labute approximate surface area is 210 Å². The fourth-order valence-corrected chi connectivity index (χ4v) is 5.95. The van der Waals surface area contributed by atoms with Gasteiger partial charge in [-0.3, -0.25) is 9.78 Å². The van der Waals surface area contributed by atoms with Gasteiger partial charge < -0.3 is 30.1 Å². The Bertz CT molecular complexity index is 1240. The third kappa shape index (κ3) is 3.30. The van der Waals surface area contributed by atoms with Crippen LogP contribution in [0.2, 0.25) is 0 Å². The van der Waals surface area contributed by atoms with Gasteiger partial charge in [0.1, 0.15) is 17.6 Å². The van der Waals surface area contributed by atoms with E-state index in [1.54, 1.807) is 12.1 Å². The first-order chi connectivity index (χ1) is 16.9. The summed E-state index contributed by atoms with van der Waals surface area (Å²) in [6.07, 6.45) is 1.35. The van der Waals surface area contributed by atoms with Crippen molar-refractivity contribution >= 4 is 21.8 Å². The first-order valence-electron chi connectivity index (χ1n) is 11.2. The van der Waals surface area contributed by atoms with Gasteiger partial charge >= 0.3 is 0 Å². The number of halogens is 1. The predicted octanol–water partition coefficient (Wildman–Crippen LogP) is 2.21. The van der Waals surface area contributed by atoms with Gasteiger partial charge in [-0.25, -0.2) is 0 Å². The van der Waals surface area contributed by atoms with Crippen LogP contribution in [0.15, 0.2) is 71.5 Å². The lowest BCUT2D eigenvalue weighted by Gasteiger charge is -2.40. The maximum atomic E-state index is 13.5. The van der Waals surface area contributed by atoms with Crippen LogP contribution in [0.25, 0.3) is 0 Å². The molecule has 2 aliphatic rings. The summed E-state index contributed by atoms with van der Waals surface area (Å²) < 4.78 is 13.0. The van der Waals surface area contributed by atoms with Crippen LogP contribution in [0.1, 0.15) is 22.6 Å². The number of pyridine rings is 1. The fraction of sp³-hybridized carbons (Fsp3) is 0.308. The monoisotopic (exact) mass is 540 g/mol. The van der Waals surface area contributed by atoms with Crippen molar-refractivity contribution in [2.45, 2.75) is 23.2 Å². The van der Waals surface area contributed by atoms with Crippen molar-refractivity contribution in [1.82, 2.24) is 10.3 Å². The van der Waals surface area contributed by atoms with Crippen molar-refractivity contribution in [3.05, 3.63) is 88.2 Å². The number of nitrogens with zero attached hydrogens (tertiary/aromatic N) is 1. The SMILES string of the molecule is COc1cncc2c1C1(O)[C@H](O)[C@H](C(=O)NCCO)C(c3ccccc3)C1(c1ccc(Br)cc1)O2. The second kappa shape index (κ2) is 8.91.